The molecule has 0 unspecified atom stereocenters. The molecule has 0 bridgehead atoms. The molecule has 0 N–H and O–H groups in total. The van der Waals surface area contributed by atoms with E-state index in [9.17, 15) is 8.42 Å². The van der Waals surface area contributed by atoms with Gasteiger partial charge in [0.2, 0.25) is 10.0 Å². The molecule has 0 aromatic heterocycles. The molecule has 136 valence electrons. The van der Waals surface area contributed by atoms with Crippen LogP contribution >= 0.6 is 15.9 Å². The normalized spacial score (nSPS) is 11.4. The highest BCUT2D eigenvalue weighted by molar-refractivity contribution is 9.10. The quantitative estimate of drug-likeness (QED) is 0.675. The lowest BCUT2D eigenvalue weighted by Gasteiger charge is -2.19. The summed E-state index contributed by atoms with van der Waals surface area (Å²) in [5.74, 6) is 1.72. The van der Waals surface area contributed by atoms with Crippen LogP contribution in [0.15, 0.2) is 45.8 Å². The summed E-state index contributed by atoms with van der Waals surface area (Å²) in [6, 6.07) is 9.97. The molecule has 0 aliphatic heterocycles. The topological polar surface area (TPSA) is 65.1 Å². The fourth-order valence-electron chi connectivity index (χ4n) is 2.31. The molecule has 8 heteroatoms. The van der Waals surface area contributed by atoms with Crippen molar-refractivity contribution in [3.63, 3.8) is 0 Å². The summed E-state index contributed by atoms with van der Waals surface area (Å²) < 4.78 is 43.0. The summed E-state index contributed by atoms with van der Waals surface area (Å²) in [6.45, 7) is 0.201. The van der Waals surface area contributed by atoms with Gasteiger partial charge in [0.1, 0.15) is 5.75 Å². The highest BCUT2D eigenvalue weighted by Gasteiger charge is 2.22. The van der Waals surface area contributed by atoms with Crippen molar-refractivity contribution in [3.8, 4) is 17.2 Å². The van der Waals surface area contributed by atoms with Crippen LogP contribution in [0.25, 0.3) is 0 Å². The van der Waals surface area contributed by atoms with Gasteiger partial charge in [-0.1, -0.05) is 6.07 Å². The zero-order chi connectivity index (χ0) is 18.6. The van der Waals surface area contributed by atoms with Gasteiger partial charge in [-0.05, 0) is 51.8 Å². The molecule has 2 aromatic rings. The maximum absolute atomic E-state index is 12.8. The van der Waals surface area contributed by atoms with Crippen LogP contribution in [-0.4, -0.2) is 41.1 Å². The molecule has 0 aliphatic carbocycles. The van der Waals surface area contributed by atoms with Crippen molar-refractivity contribution >= 4 is 26.0 Å². The van der Waals surface area contributed by atoms with Gasteiger partial charge >= 0.3 is 0 Å². The molecule has 0 saturated carbocycles. The number of benzene rings is 2. The third kappa shape index (κ3) is 4.26. The van der Waals surface area contributed by atoms with E-state index < -0.39 is 10.0 Å². The predicted molar refractivity (Wildman–Crippen MR) is 98.9 cm³/mol. The second kappa shape index (κ2) is 8.07. The highest BCUT2D eigenvalue weighted by Crippen LogP contribution is 2.30. The van der Waals surface area contributed by atoms with E-state index in [0.717, 1.165) is 5.56 Å². The minimum atomic E-state index is -3.64. The Morgan fingerprint density at radius 2 is 1.52 bits per heavy atom. The van der Waals surface area contributed by atoms with Crippen LogP contribution < -0.4 is 14.2 Å². The minimum Gasteiger partial charge on any atom is -0.496 e. The second-order valence-electron chi connectivity index (χ2n) is 5.25. The molecule has 0 radical (unpaired) electrons. The van der Waals surface area contributed by atoms with Gasteiger partial charge in [-0.2, -0.15) is 4.31 Å². The summed E-state index contributed by atoms with van der Waals surface area (Å²) in [5, 5.41) is 0. The van der Waals surface area contributed by atoms with Crippen molar-refractivity contribution in [3.05, 3.63) is 46.4 Å². The van der Waals surface area contributed by atoms with Crippen LogP contribution in [0.2, 0.25) is 0 Å². The maximum atomic E-state index is 12.8. The number of sulfonamides is 1. The fraction of sp³-hybridized carbons (Fsp3) is 0.294. The first-order valence-corrected chi connectivity index (χ1v) is 9.57. The number of halogens is 1. The third-order valence-electron chi connectivity index (χ3n) is 3.68. The van der Waals surface area contributed by atoms with Crippen molar-refractivity contribution in [1.82, 2.24) is 4.31 Å². The molecule has 0 spiro atoms. The van der Waals surface area contributed by atoms with E-state index in [4.69, 9.17) is 14.2 Å². The molecule has 6 nitrogen and oxygen atoms in total. The van der Waals surface area contributed by atoms with Crippen LogP contribution in [0.1, 0.15) is 5.56 Å². The Kier molecular flexibility index (Phi) is 6.31. The Labute approximate surface area is 156 Å². The Morgan fingerprint density at radius 3 is 2.08 bits per heavy atom. The Balaban J connectivity index is 2.27. The molecular weight excluding hydrogens is 410 g/mol. The summed E-state index contributed by atoms with van der Waals surface area (Å²) in [5.41, 5.74) is 0.788. The molecule has 0 aliphatic rings. The van der Waals surface area contributed by atoms with Crippen LogP contribution in [0.4, 0.5) is 0 Å². The first kappa shape index (κ1) is 19.6. The largest absolute Gasteiger partial charge is 0.496 e. The zero-order valence-corrected chi connectivity index (χ0v) is 16.8. The number of rotatable bonds is 7. The minimum absolute atomic E-state index is 0.183. The van der Waals surface area contributed by atoms with Crippen molar-refractivity contribution < 1.29 is 22.6 Å². The van der Waals surface area contributed by atoms with Crippen LogP contribution in [0.5, 0.6) is 17.2 Å². The van der Waals surface area contributed by atoms with Gasteiger partial charge in [0.05, 0.1) is 30.7 Å². The van der Waals surface area contributed by atoms with Gasteiger partial charge in [-0.3, -0.25) is 0 Å². The molecule has 2 rings (SSSR count). The van der Waals surface area contributed by atoms with E-state index in [1.54, 1.807) is 31.4 Å². The molecule has 0 heterocycles. The number of hydrogen-bond donors (Lipinski definition) is 0. The average molecular weight is 430 g/mol. The van der Waals surface area contributed by atoms with Gasteiger partial charge < -0.3 is 14.2 Å². The maximum Gasteiger partial charge on any atom is 0.243 e. The summed E-state index contributed by atoms with van der Waals surface area (Å²) in [4.78, 5) is 0.183. The summed E-state index contributed by atoms with van der Waals surface area (Å²) in [6.07, 6.45) is 0. The molecular formula is C17H20BrNO5S. The molecule has 0 atom stereocenters. The molecule has 2 aromatic carbocycles. The summed E-state index contributed by atoms with van der Waals surface area (Å²) in [7, 11) is 2.50. The first-order valence-electron chi connectivity index (χ1n) is 7.34. The van der Waals surface area contributed by atoms with Crippen molar-refractivity contribution in [1.29, 1.82) is 0 Å². The molecule has 0 fully saturated rings. The van der Waals surface area contributed by atoms with Gasteiger partial charge in [-0.15, -0.1) is 0 Å². The first-order chi connectivity index (χ1) is 11.8. The Bertz CT molecular complexity index is 854. The standard InChI is InChI=1S/C17H20BrNO5S/c1-19(11-12-5-7-16(23-3)17(9-12)24-4)25(20,21)13-6-8-15(22-2)14(18)10-13/h5-10H,11H2,1-4H3. The molecule has 0 saturated heterocycles. The van der Waals surface area contributed by atoms with Crippen LogP contribution in [-0.2, 0) is 16.6 Å². The Hall–Kier alpha value is -1.77. The predicted octanol–water partition coefficient (Wildman–Crippen LogP) is 3.30. The van der Waals surface area contributed by atoms with Crippen molar-refractivity contribution in [2.24, 2.45) is 0 Å². The SMILES string of the molecule is COc1ccc(S(=O)(=O)N(C)Cc2ccc(OC)c(OC)c2)cc1Br. The van der Waals surface area contributed by atoms with Gasteiger partial charge in [0, 0.05) is 13.6 Å². The number of nitrogens with zero attached hydrogens (tertiary/aromatic N) is 1. The van der Waals surface area contributed by atoms with Gasteiger partial charge in [-0.25, -0.2) is 8.42 Å². The Morgan fingerprint density at radius 1 is 0.920 bits per heavy atom. The second-order valence-corrected chi connectivity index (χ2v) is 8.15. The van der Waals surface area contributed by atoms with E-state index >= 15 is 0 Å². The lowest BCUT2D eigenvalue weighted by molar-refractivity contribution is 0.354. The van der Waals surface area contributed by atoms with E-state index in [1.165, 1.54) is 37.7 Å². The van der Waals surface area contributed by atoms with Crippen LogP contribution in [0.3, 0.4) is 0 Å². The average Bonchev–Trinajstić information content (AvgIpc) is 2.61. The number of ether oxygens (including phenoxy) is 3. The molecule has 0 amide bonds. The number of methoxy groups -OCH3 is 3. The van der Waals surface area contributed by atoms with E-state index in [0.29, 0.717) is 21.7 Å². The smallest absolute Gasteiger partial charge is 0.243 e. The number of hydrogen-bond acceptors (Lipinski definition) is 5. The van der Waals surface area contributed by atoms with E-state index in [1.807, 2.05) is 0 Å². The van der Waals surface area contributed by atoms with Crippen molar-refractivity contribution in [2.75, 3.05) is 28.4 Å². The van der Waals surface area contributed by atoms with Gasteiger partial charge in [0.15, 0.2) is 11.5 Å². The zero-order valence-electron chi connectivity index (χ0n) is 14.4. The lowest BCUT2D eigenvalue weighted by atomic mass is 10.2. The van der Waals surface area contributed by atoms with Crippen molar-refractivity contribution in [2.45, 2.75) is 11.4 Å². The third-order valence-corrected chi connectivity index (χ3v) is 6.10. The lowest BCUT2D eigenvalue weighted by Crippen LogP contribution is -2.26. The monoisotopic (exact) mass is 429 g/mol. The van der Waals surface area contributed by atoms with E-state index in [2.05, 4.69) is 15.9 Å². The van der Waals surface area contributed by atoms with Gasteiger partial charge in [0.25, 0.3) is 0 Å². The summed E-state index contributed by atoms with van der Waals surface area (Å²) >= 11 is 3.31. The highest BCUT2D eigenvalue weighted by atomic mass is 79.9. The van der Waals surface area contributed by atoms with Crippen LogP contribution in [0, 0.1) is 0 Å². The molecule has 25 heavy (non-hydrogen) atoms. The fourth-order valence-corrected chi connectivity index (χ4v) is 4.19. The van der Waals surface area contributed by atoms with E-state index in [-0.39, 0.29) is 11.4 Å².